The van der Waals surface area contributed by atoms with Crippen molar-refractivity contribution >= 4 is 17.5 Å². The van der Waals surface area contributed by atoms with Crippen LogP contribution in [-0.4, -0.2) is 26.1 Å². The molecule has 170 valence electrons. The summed E-state index contributed by atoms with van der Waals surface area (Å²) in [5.74, 6) is 1.01. The van der Waals surface area contributed by atoms with Gasteiger partial charge in [0.1, 0.15) is 18.4 Å². The number of hydrogen-bond acceptors (Lipinski definition) is 6. The van der Waals surface area contributed by atoms with Crippen molar-refractivity contribution in [2.45, 2.75) is 26.5 Å². The Morgan fingerprint density at radius 2 is 1.82 bits per heavy atom. The van der Waals surface area contributed by atoms with Crippen LogP contribution in [0.1, 0.15) is 29.7 Å². The van der Waals surface area contributed by atoms with Crippen molar-refractivity contribution in [3.63, 3.8) is 0 Å². The van der Waals surface area contributed by atoms with Crippen molar-refractivity contribution in [1.29, 1.82) is 0 Å². The van der Waals surface area contributed by atoms with Gasteiger partial charge >= 0.3 is 0 Å². The van der Waals surface area contributed by atoms with Gasteiger partial charge in [-0.05, 0) is 59.7 Å². The highest BCUT2D eigenvalue weighted by Gasteiger charge is 2.34. The number of amides is 1. The molecule has 3 aromatic carbocycles. The van der Waals surface area contributed by atoms with E-state index in [9.17, 15) is 4.79 Å². The van der Waals surface area contributed by atoms with Gasteiger partial charge in [-0.25, -0.2) is 0 Å². The molecule has 1 amide bonds. The molecule has 0 radical (unpaired) electrons. The van der Waals surface area contributed by atoms with Gasteiger partial charge in [0.15, 0.2) is 0 Å². The fraction of sp³-hybridized carbons (Fsp3) is 0.154. The number of fused-ring (bicyclic) bond motifs is 1. The molecule has 4 aromatic rings. The number of carbonyl (C=O) groups is 1. The molecule has 1 aliphatic rings. The second-order valence-electron chi connectivity index (χ2n) is 8.18. The van der Waals surface area contributed by atoms with Crippen LogP contribution < -0.4 is 15.4 Å². The summed E-state index contributed by atoms with van der Waals surface area (Å²) in [6, 6.07) is 24.8. The summed E-state index contributed by atoms with van der Waals surface area (Å²) in [5.41, 5.74) is 5.13. The Morgan fingerprint density at radius 1 is 1.03 bits per heavy atom. The van der Waals surface area contributed by atoms with E-state index in [2.05, 4.69) is 45.2 Å². The summed E-state index contributed by atoms with van der Waals surface area (Å²) >= 11 is 0. The van der Waals surface area contributed by atoms with Gasteiger partial charge in [-0.1, -0.05) is 65.3 Å². The summed E-state index contributed by atoms with van der Waals surface area (Å²) in [6.45, 7) is 4.39. The molecule has 0 saturated heterocycles. The van der Waals surface area contributed by atoms with E-state index in [0.717, 1.165) is 16.9 Å². The third-order valence-corrected chi connectivity index (χ3v) is 5.67. The molecule has 8 heteroatoms. The summed E-state index contributed by atoms with van der Waals surface area (Å²) in [5, 5.41) is 18.1. The largest absolute Gasteiger partial charge is 0.489 e. The predicted molar refractivity (Wildman–Crippen MR) is 129 cm³/mol. The molecule has 1 aliphatic heterocycles. The van der Waals surface area contributed by atoms with Gasteiger partial charge in [0.2, 0.25) is 5.95 Å². The first kappa shape index (κ1) is 21.4. The molecule has 2 heterocycles. The molecule has 0 fully saturated rings. The lowest BCUT2D eigenvalue weighted by molar-refractivity contribution is -0.113. The van der Waals surface area contributed by atoms with Crippen LogP contribution in [-0.2, 0) is 11.4 Å². The first-order valence-electron chi connectivity index (χ1n) is 11.0. The van der Waals surface area contributed by atoms with Crippen molar-refractivity contribution in [1.82, 2.24) is 20.2 Å². The lowest BCUT2D eigenvalue weighted by Gasteiger charge is -2.28. The number of tetrazole rings is 1. The molecular weight excluding hydrogens is 428 g/mol. The van der Waals surface area contributed by atoms with E-state index in [1.807, 2.05) is 73.7 Å². The molecule has 2 N–H and O–H groups in total. The highest BCUT2D eigenvalue weighted by atomic mass is 16.5. The number of carbonyl (C=O) groups excluding carboxylic acids is 1. The first-order valence-corrected chi connectivity index (χ1v) is 11.0. The third kappa shape index (κ3) is 4.38. The monoisotopic (exact) mass is 452 g/mol. The normalized spacial score (nSPS) is 14.8. The zero-order chi connectivity index (χ0) is 23.5. The minimum absolute atomic E-state index is 0.220. The predicted octanol–water partition coefficient (Wildman–Crippen LogP) is 4.49. The van der Waals surface area contributed by atoms with Gasteiger partial charge in [0.25, 0.3) is 5.91 Å². The average Bonchev–Trinajstić information content (AvgIpc) is 3.31. The number of para-hydroxylation sites is 1. The Bertz CT molecular complexity index is 1350. The molecule has 34 heavy (non-hydrogen) atoms. The maximum atomic E-state index is 13.3. The number of aromatic nitrogens is 4. The van der Waals surface area contributed by atoms with E-state index < -0.39 is 6.04 Å². The topological polar surface area (TPSA) is 94.0 Å². The van der Waals surface area contributed by atoms with Crippen molar-refractivity contribution in [3.05, 3.63) is 107 Å². The van der Waals surface area contributed by atoms with Crippen LogP contribution >= 0.6 is 0 Å². The maximum absolute atomic E-state index is 13.3. The van der Waals surface area contributed by atoms with Crippen LogP contribution in [0.4, 0.5) is 11.6 Å². The number of hydrogen-bond donors (Lipinski definition) is 2. The fourth-order valence-corrected chi connectivity index (χ4v) is 4.05. The van der Waals surface area contributed by atoms with Crippen molar-refractivity contribution in [2.24, 2.45) is 0 Å². The van der Waals surface area contributed by atoms with Crippen molar-refractivity contribution < 1.29 is 9.53 Å². The van der Waals surface area contributed by atoms with Gasteiger partial charge in [-0.15, -0.1) is 0 Å². The summed E-state index contributed by atoms with van der Waals surface area (Å²) in [7, 11) is 0. The molecule has 1 unspecified atom stereocenters. The Morgan fingerprint density at radius 3 is 2.59 bits per heavy atom. The van der Waals surface area contributed by atoms with Crippen LogP contribution in [0.5, 0.6) is 5.75 Å². The van der Waals surface area contributed by atoms with Gasteiger partial charge in [-0.3, -0.25) is 4.79 Å². The number of benzene rings is 3. The van der Waals surface area contributed by atoms with Crippen LogP contribution in [0.3, 0.4) is 0 Å². The summed E-state index contributed by atoms with van der Waals surface area (Å²) in [6.07, 6.45) is 0. The van der Waals surface area contributed by atoms with E-state index in [0.29, 0.717) is 29.5 Å². The lowest BCUT2D eigenvalue weighted by atomic mass is 9.95. The van der Waals surface area contributed by atoms with E-state index >= 15 is 0 Å². The molecule has 5 rings (SSSR count). The second-order valence-corrected chi connectivity index (χ2v) is 8.18. The van der Waals surface area contributed by atoms with Crippen LogP contribution in [0.2, 0.25) is 0 Å². The highest BCUT2D eigenvalue weighted by molar-refractivity contribution is 6.06. The smallest absolute Gasteiger partial charge is 0.255 e. The quantitative estimate of drug-likeness (QED) is 0.448. The van der Waals surface area contributed by atoms with Gasteiger partial charge in [-0.2, -0.15) is 4.68 Å². The Labute approximate surface area is 197 Å². The summed E-state index contributed by atoms with van der Waals surface area (Å²) in [4.78, 5) is 13.3. The van der Waals surface area contributed by atoms with Crippen molar-refractivity contribution in [2.75, 3.05) is 10.6 Å². The molecule has 1 aromatic heterocycles. The van der Waals surface area contributed by atoms with Crippen molar-refractivity contribution in [3.8, 4) is 5.75 Å². The number of nitrogens with one attached hydrogen (secondary N) is 2. The molecule has 0 saturated carbocycles. The Kier molecular flexibility index (Phi) is 5.78. The van der Waals surface area contributed by atoms with E-state index in [1.165, 1.54) is 5.56 Å². The summed E-state index contributed by atoms with van der Waals surface area (Å²) < 4.78 is 7.59. The number of allylic oxidation sites excluding steroid dienone is 1. The molecule has 0 spiro atoms. The first-order chi connectivity index (χ1) is 16.6. The number of anilines is 2. The SMILES string of the molecule is CC1=C(C(=O)Nc2ccccc2)C(c2ccc(OCc3cccc(C)c3)cc2)n2nnnc2N1. The zero-order valence-corrected chi connectivity index (χ0v) is 18.9. The number of rotatable bonds is 6. The molecule has 1 atom stereocenters. The van der Waals surface area contributed by atoms with E-state index in [1.54, 1.807) is 4.68 Å². The second kappa shape index (κ2) is 9.19. The van der Waals surface area contributed by atoms with Gasteiger partial charge in [0.05, 0.1) is 5.57 Å². The maximum Gasteiger partial charge on any atom is 0.255 e. The fourth-order valence-electron chi connectivity index (χ4n) is 4.05. The lowest BCUT2D eigenvalue weighted by Crippen LogP contribution is -2.31. The van der Waals surface area contributed by atoms with E-state index in [-0.39, 0.29) is 5.91 Å². The Hall–Kier alpha value is -4.46. The highest BCUT2D eigenvalue weighted by Crippen LogP contribution is 2.35. The van der Waals surface area contributed by atoms with Crippen LogP contribution in [0.25, 0.3) is 0 Å². The van der Waals surface area contributed by atoms with Crippen LogP contribution in [0.15, 0.2) is 90.1 Å². The third-order valence-electron chi connectivity index (χ3n) is 5.67. The van der Waals surface area contributed by atoms with Gasteiger partial charge < -0.3 is 15.4 Å². The number of nitrogens with zero attached hydrogens (tertiary/aromatic N) is 4. The number of ether oxygens (including phenoxy) is 1. The average molecular weight is 453 g/mol. The Balaban J connectivity index is 1.41. The van der Waals surface area contributed by atoms with Crippen LogP contribution in [0, 0.1) is 6.92 Å². The van der Waals surface area contributed by atoms with E-state index in [4.69, 9.17) is 4.74 Å². The molecule has 0 aliphatic carbocycles. The molecule has 0 bridgehead atoms. The zero-order valence-electron chi connectivity index (χ0n) is 18.9. The standard InChI is InChI=1S/C26H24N6O2/c1-17-7-6-8-19(15-17)16-34-22-13-11-20(12-14-22)24-23(18(2)27-26-29-30-31-32(24)26)25(33)28-21-9-4-3-5-10-21/h3-15,24H,16H2,1-2H3,(H,28,33)(H,27,29,31). The number of aryl methyl sites for hydroxylation is 1. The minimum Gasteiger partial charge on any atom is -0.489 e. The molecule has 8 nitrogen and oxygen atoms in total. The molecular formula is C26H24N6O2. The minimum atomic E-state index is -0.485. The van der Waals surface area contributed by atoms with Gasteiger partial charge in [0, 0.05) is 11.4 Å².